The van der Waals surface area contributed by atoms with Crippen LogP contribution in [0.4, 0.5) is 0 Å². The molecule has 0 saturated carbocycles. The van der Waals surface area contributed by atoms with Crippen LogP contribution in [-0.2, 0) is 24.3 Å². The summed E-state index contributed by atoms with van der Waals surface area (Å²) >= 11 is 0. The van der Waals surface area contributed by atoms with Crippen molar-refractivity contribution in [2.24, 2.45) is 0 Å². The number of ether oxygens (including phenoxy) is 2. The number of amides is 1. The fourth-order valence-corrected chi connectivity index (χ4v) is 5.31. The number of aryl methyl sites for hydroxylation is 2. The maximum Gasteiger partial charge on any atom is 0.248 e. The zero-order valence-corrected chi connectivity index (χ0v) is 15.9. The lowest BCUT2D eigenvalue weighted by atomic mass is 10.1. The van der Waals surface area contributed by atoms with Crippen LogP contribution in [0.15, 0.2) is 9.42 Å². The Hall–Kier alpha value is -1.49. The minimum Gasteiger partial charge on any atom is -0.381 e. The van der Waals surface area contributed by atoms with Gasteiger partial charge >= 0.3 is 0 Å². The molecule has 2 aliphatic heterocycles. The average Bonchev–Trinajstić information content (AvgIpc) is 2.95. The molecule has 0 bridgehead atoms. The first-order chi connectivity index (χ1) is 12.4. The van der Waals surface area contributed by atoms with Crippen LogP contribution >= 0.6 is 0 Å². The predicted molar refractivity (Wildman–Crippen MR) is 91.1 cm³/mol. The van der Waals surface area contributed by atoms with E-state index in [9.17, 15) is 13.2 Å². The van der Waals surface area contributed by atoms with E-state index in [1.807, 2.05) is 0 Å². The molecule has 3 rings (SSSR count). The summed E-state index contributed by atoms with van der Waals surface area (Å²) in [5, 5.41) is 6.71. The van der Waals surface area contributed by atoms with E-state index in [-0.39, 0.29) is 42.2 Å². The third kappa shape index (κ3) is 4.08. The fourth-order valence-electron chi connectivity index (χ4n) is 3.42. The minimum absolute atomic E-state index is 0.0555. The molecule has 2 fully saturated rings. The third-order valence-electron chi connectivity index (χ3n) is 4.72. The van der Waals surface area contributed by atoms with Crippen molar-refractivity contribution in [3.8, 4) is 0 Å². The second kappa shape index (κ2) is 8.03. The van der Waals surface area contributed by atoms with Gasteiger partial charge in [0.05, 0.1) is 19.3 Å². The summed E-state index contributed by atoms with van der Waals surface area (Å²) in [6, 6.07) is -0.476. The molecule has 10 heteroatoms. The van der Waals surface area contributed by atoms with Gasteiger partial charge in [-0.15, -0.1) is 0 Å². The molecule has 2 saturated heterocycles. The Kier molecular flexibility index (Phi) is 5.96. The van der Waals surface area contributed by atoms with Crippen molar-refractivity contribution in [1.82, 2.24) is 14.8 Å². The van der Waals surface area contributed by atoms with Crippen molar-refractivity contribution < 1.29 is 27.2 Å². The van der Waals surface area contributed by atoms with Crippen molar-refractivity contribution >= 4 is 15.9 Å². The highest BCUT2D eigenvalue weighted by Crippen LogP contribution is 2.27. The standard InChI is InChI=1S/C16H25N3O6S/c1-11-16(12(2)25-18-11)26(21,22)19-5-8-24-10-14(19)9-15(20)17-13-3-6-23-7-4-13/h13-14H,3-10H2,1-2H3,(H,17,20)/t14-/m0/s1. The van der Waals surface area contributed by atoms with Gasteiger partial charge in [0.1, 0.15) is 10.6 Å². The van der Waals surface area contributed by atoms with Crippen LogP contribution in [-0.4, -0.2) is 68.8 Å². The van der Waals surface area contributed by atoms with Crippen LogP contribution in [0.25, 0.3) is 0 Å². The number of hydrogen-bond donors (Lipinski definition) is 1. The molecular weight excluding hydrogens is 362 g/mol. The number of hydrogen-bond acceptors (Lipinski definition) is 7. The normalized spacial score (nSPS) is 23.1. The van der Waals surface area contributed by atoms with Gasteiger partial charge in [-0.3, -0.25) is 4.79 Å². The number of sulfonamides is 1. The zero-order chi connectivity index (χ0) is 18.7. The topological polar surface area (TPSA) is 111 Å². The van der Waals surface area contributed by atoms with E-state index in [4.69, 9.17) is 14.0 Å². The molecule has 1 atom stereocenters. The number of nitrogens with one attached hydrogen (secondary N) is 1. The first-order valence-corrected chi connectivity index (χ1v) is 10.2. The average molecular weight is 387 g/mol. The monoisotopic (exact) mass is 387 g/mol. The highest BCUT2D eigenvalue weighted by atomic mass is 32.2. The van der Waals surface area contributed by atoms with Crippen LogP contribution in [0, 0.1) is 13.8 Å². The summed E-state index contributed by atoms with van der Waals surface area (Å²) in [5.41, 5.74) is 0.319. The lowest BCUT2D eigenvalue weighted by Crippen LogP contribution is -2.51. The summed E-state index contributed by atoms with van der Waals surface area (Å²) in [5.74, 6) is 0.0748. The Morgan fingerprint density at radius 2 is 1.96 bits per heavy atom. The molecule has 26 heavy (non-hydrogen) atoms. The number of carbonyl (C=O) groups excluding carboxylic acids is 1. The molecule has 0 radical (unpaired) electrons. The maximum atomic E-state index is 13.1. The van der Waals surface area contributed by atoms with Gasteiger partial charge in [-0.25, -0.2) is 8.42 Å². The molecular formula is C16H25N3O6S. The first kappa shape index (κ1) is 19.3. The Balaban J connectivity index is 1.72. The van der Waals surface area contributed by atoms with Gasteiger partial charge in [-0.1, -0.05) is 5.16 Å². The molecule has 0 aromatic carbocycles. The molecule has 2 aliphatic rings. The van der Waals surface area contributed by atoms with Gasteiger partial charge in [0.2, 0.25) is 15.9 Å². The van der Waals surface area contributed by atoms with E-state index in [1.54, 1.807) is 13.8 Å². The van der Waals surface area contributed by atoms with E-state index >= 15 is 0 Å². The largest absolute Gasteiger partial charge is 0.381 e. The molecule has 0 aliphatic carbocycles. The molecule has 0 unspecified atom stereocenters. The van der Waals surface area contributed by atoms with Crippen LogP contribution in [0.2, 0.25) is 0 Å². The fraction of sp³-hybridized carbons (Fsp3) is 0.750. The van der Waals surface area contributed by atoms with Gasteiger partial charge in [0.25, 0.3) is 0 Å². The second-order valence-electron chi connectivity index (χ2n) is 6.66. The number of nitrogens with zero attached hydrogens (tertiary/aromatic N) is 2. The Morgan fingerprint density at radius 1 is 1.23 bits per heavy atom. The highest BCUT2D eigenvalue weighted by Gasteiger charge is 2.38. The van der Waals surface area contributed by atoms with E-state index in [1.165, 1.54) is 4.31 Å². The van der Waals surface area contributed by atoms with Gasteiger partial charge in [-0.05, 0) is 26.7 Å². The van der Waals surface area contributed by atoms with Crippen LogP contribution < -0.4 is 5.32 Å². The number of rotatable bonds is 5. The Bertz CT molecular complexity index is 722. The number of carbonyl (C=O) groups is 1. The summed E-state index contributed by atoms with van der Waals surface area (Å²) in [6.45, 7) is 5.09. The molecule has 0 spiro atoms. The van der Waals surface area contributed by atoms with Crippen molar-refractivity contribution in [2.45, 2.75) is 50.1 Å². The Labute approximate surface area is 153 Å². The maximum absolute atomic E-state index is 13.1. The smallest absolute Gasteiger partial charge is 0.248 e. The van der Waals surface area contributed by atoms with Crippen LogP contribution in [0.1, 0.15) is 30.7 Å². The minimum atomic E-state index is -3.81. The van der Waals surface area contributed by atoms with E-state index in [0.29, 0.717) is 25.5 Å². The molecule has 9 nitrogen and oxygen atoms in total. The number of aromatic nitrogens is 1. The van der Waals surface area contributed by atoms with E-state index < -0.39 is 16.1 Å². The van der Waals surface area contributed by atoms with Crippen molar-refractivity contribution in [3.05, 3.63) is 11.5 Å². The molecule has 1 N–H and O–H groups in total. The lowest BCUT2D eigenvalue weighted by Gasteiger charge is -2.34. The van der Waals surface area contributed by atoms with Gasteiger partial charge < -0.3 is 19.3 Å². The molecule has 3 heterocycles. The number of morpholine rings is 1. The molecule has 1 amide bonds. The van der Waals surface area contributed by atoms with Crippen LogP contribution in [0.5, 0.6) is 0 Å². The molecule has 146 valence electrons. The second-order valence-corrected chi connectivity index (χ2v) is 8.48. The summed E-state index contributed by atoms with van der Waals surface area (Å²) in [7, 11) is -3.81. The van der Waals surface area contributed by atoms with Crippen molar-refractivity contribution in [1.29, 1.82) is 0 Å². The van der Waals surface area contributed by atoms with Crippen molar-refractivity contribution in [3.63, 3.8) is 0 Å². The van der Waals surface area contributed by atoms with Crippen molar-refractivity contribution in [2.75, 3.05) is 33.0 Å². The first-order valence-electron chi connectivity index (χ1n) is 8.79. The zero-order valence-electron chi connectivity index (χ0n) is 15.1. The molecule has 1 aromatic heterocycles. The van der Waals surface area contributed by atoms with Gasteiger partial charge in [0.15, 0.2) is 5.76 Å². The van der Waals surface area contributed by atoms with Gasteiger partial charge in [0, 0.05) is 32.2 Å². The quantitative estimate of drug-likeness (QED) is 0.777. The summed E-state index contributed by atoms with van der Waals surface area (Å²) < 4.78 is 43.3. The SMILES string of the molecule is Cc1noc(C)c1S(=O)(=O)N1CCOC[C@@H]1CC(=O)NC1CCOCC1. The Morgan fingerprint density at radius 3 is 2.62 bits per heavy atom. The van der Waals surface area contributed by atoms with E-state index in [2.05, 4.69) is 10.5 Å². The highest BCUT2D eigenvalue weighted by molar-refractivity contribution is 7.89. The molecule has 1 aromatic rings. The van der Waals surface area contributed by atoms with Crippen LogP contribution in [0.3, 0.4) is 0 Å². The lowest BCUT2D eigenvalue weighted by molar-refractivity contribution is -0.124. The van der Waals surface area contributed by atoms with E-state index in [0.717, 1.165) is 12.8 Å². The van der Waals surface area contributed by atoms with Gasteiger partial charge in [-0.2, -0.15) is 4.31 Å². The summed E-state index contributed by atoms with van der Waals surface area (Å²) in [6.07, 6.45) is 1.60. The predicted octanol–water partition coefficient (Wildman–Crippen LogP) is 0.366. The summed E-state index contributed by atoms with van der Waals surface area (Å²) in [4.78, 5) is 12.5. The third-order valence-corrected chi connectivity index (χ3v) is 6.91.